The van der Waals surface area contributed by atoms with Crippen LogP contribution in [0.5, 0.6) is 0 Å². The first-order chi connectivity index (χ1) is 14.7. The van der Waals surface area contributed by atoms with Crippen LogP contribution in [0.2, 0.25) is 0 Å². The van der Waals surface area contributed by atoms with Gasteiger partial charge in [-0.15, -0.1) is 0 Å². The third-order valence-corrected chi connectivity index (χ3v) is 6.16. The van der Waals surface area contributed by atoms with Gasteiger partial charge in [0, 0.05) is 12.3 Å². The average molecular weight is 429 g/mol. The van der Waals surface area contributed by atoms with Gasteiger partial charge in [0.15, 0.2) is 19.9 Å². The Morgan fingerprint density at radius 3 is 1.63 bits per heavy atom. The molecule has 0 radical (unpaired) electrons. The minimum absolute atomic E-state index is 0.0937. The quantitative estimate of drug-likeness (QED) is 0.193. The first kappa shape index (κ1) is 27.4. The van der Waals surface area contributed by atoms with E-state index in [1.165, 1.54) is 96.3 Å². The van der Waals surface area contributed by atoms with Crippen molar-refractivity contribution in [3.8, 4) is 0 Å². The molecule has 0 spiro atoms. The summed E-state index contributed by atoms with van der Waals surface area (Å²) in [6.45, 7) is 2.98. The summed E-state index contributed by atoms with van der Waals surface area (Å²) >= 11 is 0. The summed E-state index contributed by atoms with van der Waals surface area (Å²) in [6, 6.07) is 0. The maximum atomic E-state index is 10.5. The number of ether oxygens (including phenoxy) is 3. The summed E-state index contributed by atoms with van der Waals surface area (Å²) in [5, 5.41) is 8.66. The third-order valence-electron chi connectivity index (χ3n) is 6.16. The summed E-state index contributed by atoms with van der Waals surface area (Å²) < 4.78 is 16.6. The summed E-state index contributed by atoms with van der Waals surface area (Å²) in [6.07, 6.45) is 22.8. The second-order valence-corrected chi connectivity index (χ2v) is 8.93. The van der Waals surface area contributed by atoms with Crippen molar-refractivity contribution in [1.82, 2.24) is 0 Å². The van der Waals surface area contributed by atoms with Crippen molar-refractivity contribution in [3.05, 3.63) is 0 Å². The molecule has 178 valence electrons. The minimum atomic E-state index is -0.675. The van der Waals surface area contributed by atoms with Gasteiger partial charge in [-0.3, -0.25) is 4.79 Å². The predicted octanol–water partition coefficient (Wildman–Crippen LogP) is 7.42. The standard InChI is InChI=1S/C25H48O5/c1-2-3-4-5-6-7-9-12-15-18-23(25-29-21-28-22-30-25)19-16-13-10-8-11-14-17-20-24(26)27/h23,25H,2-22H2,1H3,(H,26,27). The zero-order chi connectivity index (χ0) is 21.7. The first-order valence-electron chi connectivity index (χ1n) is 12.8. The molecule has 0 aromatic carbocycles. The summed E-state index contributed by atoms with van der Waals surface area (Å²) in [7, 11) is 0. The summed E-state index contributed by atoms with van der Waals surface area (Å²) in [4.78, 5) is 10.5. The van der Waals surface area contributed by atoms with E-state index in [-0.39, 0.29) is 6.29 Å². The van der Waals surface area contributed by atoms with Crippen LogP contribution in [0.1, 0.15) is 129 Å². The lowest BCUT2D eigenvalue weighted by Crippen LogP contribution is -2.33. The fourth-order valence-corrected chi connectivity index (χ4v) is 4.28. The number of hydrogen-bond acceptors (Lipinski definition) is 4. The van der Waals surface area contributed by atoms with Crippen LogP contribution in [-0.4, -0.2) is 31.0 Å². The molecule has 0 aliphatic carbocycles. The molecular formula is C25H48O5. The number of carboxylic acids is 1. The molecule has 0 amide bonds. The van der Waals surface area contributed by atoms with E-state index in [0.29, 0.717) is 25.9 Å². The van der Waals surface area contributed by atoms with Crippen LogP contribution in [0.15, 0.2) is 0 Å². The van der Waals surface area contributed by atoms with E-state index in [1.807, 2.05) is 0 Å². The van der Waals surface area contributed by atoms with Gasteiger partial charge in [0.05, 0.1) is 0 Å². The van der Waals surface area contributed by atoms with Crippen LogP contribution in [-0.2, 0) is 19.0 Å². The first-order valence-corrected chi connectivity index (χ1v) is 12.8. The number of unbranched alkanes of at least 4 members (excludes halogenated alkanes) is 14. The lowest BCUT2D eigenvalue weighted by Gasteiger charge is -2.30. The second kappa shape index (κ2) is 20.3. The largest absolute Gasteiger partial charge is 0.481 e. The number of rotatable bonds is 21. The van der Waals surface area contributed by atoms with Gasteiger partial charge in [0.1, 0.15) is 0 Å². The molecule has 1 aliphatic heterocycles. The Morgan fingerprint density at radius 1 is 0.733 bits per heavy atom. The van der Waals surface area contributed by atoms with Gasteiger partial charge < -0.3 is 19.3 Å². The van der Waals surface area contributed by atoms with E-state index in [1.54, 1.807) is 0 Å². The van der Waals surface area contributed by atoms with Gasteiger partial charge in [0.25, 0.3) is 0 Å². The minimum Gasteiger partial charge on any atom is -0.481 e. The molecule has 1 rings (SSSR count). The van der Waals surface area contributed by atoms with Crippen LogP contribution in [0.3, 0.4) is 0 Å². The molecule has 1 unspecified atom stereocenters. The normalized spacial score (nSPS) is 16.0. The van der Waals surface area contributed by atoms with Crippen molar-refractivity contribution in [2.24, 2.45) is 5.92 Å². The van der Waals surface area contributed by atoms with Gasteiger partial charge in [-0.05, 0) is 19.3 Å². The highest BCUT2D eigenvalue weighted by atomic mass is 16.8. The monoisotopic (exact) mass is 428 g/mol. The topological polar surface area (TPSA) is 65.0 Å². The average Bonchev–Trinajstić information content (AvgIpc) is 2.75. The maximum absolute atomic E-state index is 10.5. The fourth-order valence-electron chi connectivity index (χ4n) is 4.28. The van der Waals surface area contributed by atoms with Gasteiger partial charge in [-0.2, -0.15) is 0 Å². The highest BCUT2D eigenvalue weighted by molar-refractivity contribution is 5.66. The van der Waals surface area contributed by atoms with Crippen molar-refractivity contribution in [1.29, 1.82) is 0 Å². The van der Waals surface area contributed by atoms with Crippen molar-refractivity contribution in [3.63, 3.8) is 0 Å². The molecule has 1 N–H and O–H groups in total. The molecule has 0 bridgehead atoms. The Kier molecular flexibility index (Phi) is 18.5. The molecule has 1 saturated heterocycles. The highest BCUT2D eigenvalue weighted by Crippen LogP contribution is 2.26. The van der Waals surface area contributed by atoms with Gasteiger partial charge >= 0.3 is 5.97 Å². The predicted molar refractivity (Wildman–Crippen MR) is 121 cm³/mol. The van der Waals surface area contributed by atoms with E-state index in [2.05, 4.69) is 6.92 Å². The molecule has 0 aromatic rings. The van der Waals surface area contributed by atoms with Crippen LogP contribution < -0.4 is 0 Å². The van der Waals surface area contributed by atoms with E-state index in [0.717, 1.165) is 19.3 Å². The molecule has 30 heavy (non-hydrogen) atoms. The van der Waals surface area contributed by atoms with Crippen LogP contribution >= 0.6 is 0 Å². The molecule has 1 aliphatic rings. The number of hydrogen-bond donors (Lipinski definition) is 1. The fraction of sp³-hybridized carbons (Fsp3) is 0.960. The zero-order valence-electron chi connectivity index (χ0n) is 19.6. The van der Waals surface area contributed by atoms with E-state index in [9.17, 15) is 4.79 Å². The van der Waals surface area contributed by atoms with Crippen LogP contribution in [0, 0.1) is 5.92 Å². The molecule has 5 nitrogen and oxygen atoms in total. The van der Waals surface area contributed by atoms with Gasteiger partial charge in [-0.25, -0.2) is 0 Å². The van der Waals surface area contributed by atoms with E-state index >= 15 is 0 Å². The lowest BCUT2D eigenvalue weighted by molar-refractivity contribution is -0.315. The molecule has 5 heteroatoms. The Balaban J connectivity index is 2.08. The molecule has 1 fully saturated rings. The van der Waals surface area contributed by atoms with Gasteiger partial charge in [-0.1, -0.05) is 103 Å². The van der Waals surface area contributed by atoms with Crippen molar-refractivity contribution in [2.45, 2.75) is 135 Å². The third kappa shape index (κ3) is 16.1. The second-order valence-electron chi connectivity index (χ2n) is 8.93. The smallest absolute Gasteiger partial charge is 0.303 e. The Labute approximate surface area is 185 Å². The summed E-state index contributed by atoms with van der Waals surface area (Å²) in [5.41, 5.74) is 0. The molecule has 1 atom stereocenters. The Hall–Kier alpha value is -0.650. The van der Waals surface area contributed by atoms with Gasteiger partial charge in [0.2, 0.25) is 0 Å². The molecule has 0 saturated carbocycles. The molecule has 0 aromatic heterocycles. The van der Waals surface area contributed by atoms with Crippen molar-refractivity contribution in [2.75, 3.05) is 13.6 Å². The van der Waals surface area contributed by atoms with E-state index in [4.69, 9.17) is 19.3 Å². The van der Waals surface area contributed by atoms with Crippen molar-refractivity contribution >= 4 is 5.97 Å². The summed E-state index contributed by atoms with van der Waals surface area (Å²) in [5.74, 6) is -0.195. The molecule has 1 heterocycles. The van der Waals surface area contributed by atoms with Crippen LogP contribution in [0.25, 0.3) is 0 Å². The SMILES string of the molecule is CCCCCCCCCCCC(CCCCCCCCCC(=O)O)C1OCOCO1. The van der Waals surface area contributed by atoms with E-state index < -0.39 is 5.97 Å². The highest BCUT2D eigenvalue weighted by Gasteiger charge is 2.25. The molecular weight excluding hydrogens is 380 g/mol. The van der Waals surface area contributed by atoms with Crippen LogP contribution in [0.4, 0.5) is 0 Å². The lowest BCUT2D eigenvalue weighted by atomic mass is 9.93. The Bertz CT molecular complexity index is 382. The number of carboxylic acid groups (broad SMARTS) is 1. The number of carbonyl (C=O) groups is 1. The Morgan fingerprint density at radius 2 is 1.17 bits per heavy atom. The van der Waals surface area contributed by atoms with Crippen molar-refractivity contribution < 1.29 is 24.1 Å². The maximum Gasteiger partial charge on any atom is 0.303 e. The zero-order valence-corrected chi connectivity index (χ0v) is 19.6. The number of aliphatic carboxylic acids is 1.